The van der Waals surface area contributed by atoms with Gasteiger partial charge in [0, 0.05) is 38.3 Å². The maximum atomic E-state index is 10.4. The molecule has 5 nitrogen and oxygen atoms in total. The smallest absolute Gasteiger partial charge is 0.332 e. The zero-order chi connectivity index (χ0) is 11.1. The molecule has 1 heterocycles. The minimum absolute atomic E-state index is 0.206. The largest absolute Gasteiger partial charge is 0.478 e. The van der Waals surface area contributed by atoms with Crippen LogP contribution in [0.1, 0.15) is 0 Å². The number of rotatable bonds is 6. The predicted molar refractivity (Wildman–Crippen MR) is 56.9 cm³/mol. The van der Waals surface area contributed by atoms with Crippen molar-refractivity contribution in [1.29, 1.82) is 0 Å². The van der Waals surface area contributed by atoms with Crippen LogP contribution in [0.4, 0.5) is 0 Å². The van der Waals surface area contributed by atoms with Crippen LogP contribution in [0, 0.1) is 0 Å². The summed E-state index contributed by atoms with van der Waals surface area (Å²) in [4.78, 5) is 12.7. The topological polar surface area (TPSA) is 61.8 Å². The maximum Gasteiger partial charge on any atom is 0.332 e. The summed E-state index contributed by atoms with van der Waals surface area (Å²) >= 11 is 0. The molecule has 0 bridgehead atoms. The molecule has 0 spiro atoms. The van der Waals surface area contributed by atoms with Gasteiger partial charge in [0.05, 0.1) is 13.2 Å². The highest BCUT2D eigenvalue weighted by Gasteiger charge is 2.09. The van der Waals surface area contributed by atoms with Crippen LogP contribution in [0.5, 0.6) is 0 Å². The van der Waals surface area contributed by atoms with E-state index in [1.807, 2.05) is 0 Å². The molecule has 0 aromatic rings. The Balaban J connectivity index is 2.01. The number of nitrogens with one attached hydrogen (secondary N) is 1. The van der Waals surface area contributed by atoms with Gasteiger partial charge in [0.25, 0.3) is 0 Å². The summed E-state index contributed by atoms with van der Waals surface area (Å²) in [5.74, 6) is -0.936. The van der Waals surface area contributed by atoms with E-state index < -0.39 is 5.97 Å². The Bertz CT molecular complexity index is 225. The Morgan fingerprint density at radius 1 is 1.47 bits per heavy atom. The zero-order valence-corrected chi connectivity index (χ0v) is 8.87. The standard InChI is InChI=1S/C10H18N2O3/c1-9(10(13)14)8-11-2-3-12-4-6-15-7-5-12/h11H,1-8H2,(H,13,14). The normalized spacial score (nSPS) is 17.6. The van der Waals surface area contributed by atoms with Crippen molar-refractivity contribution in [3.8, 4) is 0 Å². The molecule has 0 radical (unpaired) electrons. The summed E-state index contributed by atoms with van der Waals surface area (Å²) in [6.45, 7) is 9.01. The fourth-order valence-electron chi connectivity index (χ4n) is 1.38. The van der Waals surface area contributed by atoms with Gasteiger partial charge in [-0.25, -0.2) is 4.79 Å². The summed E-state index contributed by atoms with van der Waals surface area (Å²) in [7, 11) is 0. The van der Waals surface area contributed by atoms with E-state index in [-0.39, 0.29) is 5.57 Å². The predicted octanol–water partition coefficient (Wildman–Crippen LogP) is -0.451. The SMILES string of the molecule is C=C(CNCCN1CCOCC1)C(=O)O. The number of aliphatic carboxylic acids is 1. The first-order valence-electron chi connectivity index (χ1n) is 5.12. The number of ether oxygens (including phenoxy) is 1. The number of carboxylic acids is 1. The number of carboxylic acid groups (broad SMARTS) is 1. The Morgan fingerprint density at radius 3 is 2.73 bits per heavy atom. The Morgan fingerprint density at radius 2 is 2.13 bits per heavy atom. The number of hydrogen-bond acceptors (Lipinski definition) is 4. The highest BCUT2D eigenvalue weighted by Crippen LogP contribution is 1.95. The Hall–Kier alpha value is -0.910. The summed E-state index contributed by atoms with van der Waals surface area (Å²) in [6.07, 6.45) is 0. The van der Waals surface area contributed by atoms with Gasteiger partial charge in [0.2, 0.25) is 0 Å². The molecule has 0 aromatic carbocycles. The van der Waals surface area contributed by atoms with Gasteiger partial charge in [-0.1, -0.05) is 6.58 Å². The molecule has 15 heavy (non-hydrogen) atoms. The van der Waals surface area contributed by atoms with Crippen LogP contribution in [0.3, 0.4) is 0 Å². The molecule has 0 aromatic heterocycles. The van der Waals surface area contributed by atoms with Crippen LogP contribution in [-0.4, -0.2) is 61.9 Å². The van der Waals surface area contributed by atoms with Crippen molar-refractivity contribution in [3.05, 3.63) is 12.2 Å². The molecule has 1 saturated heterocycles. The van der Waals surface area contributed by atoms with Gasteiger partial charge < -0.3 is 15.2 Å². The van der Waals surface area contributed by atoms with E-state index in [0.29, 0.717) is 6.54 Å². The summed E-state index contributed by atoms with van der Waals surface area (Å²) in [5.41, 5.74) is 0.206. The number of morpholine rings is 1. The van der Waals surface area contributed by atoms with Crippen molar-refractivity contribution in [1.82, 2.24) is 10.2 Å². The molecule has 0 amide bonds. The minimum atomic E-state index is -0.936. The second-order valence-corrected chi connectivity index (χ2v) is 3.54. The van der Waals surface area contributed by atoms with Crippen molar-refractivity contribution in [2.45, 2.75) is 0 Å². The van der Waals surface area contributed by atoms with Gasteiger partial charge in [-0.3, -0.25) is 4.90 Å². The van der Waals surface area contributed by atoms with E-state index in [0.717, 1.165) is 39.4 Å². The summed E-state index contributed by atoms with van der Waals surface area (Å²) in [5, 5.41) is 11.6. The van der Waals surface area contributed by atoms with Gasteiger partial charge in [-0.2, -0.15) is 0 Å². The lowest BCUT2D eigenvalue weighted by molar-refractivity contribution is -0.132. The average molecular weight is 214 g/mol. The molecule has 1 fully saturated rings. The molecular formula is C10H18N2O3. The molecule has 0 aliphatic carbocycles. The molecule has 86 valence electrons. The first kappa shape index (κ1) is 12.2. The third kappa shape index (κ3) is 4.92. The molecule has 2 N–H and O–H groups in total. The van der Waals surface area contributed by atoms with Gasteiger partial charge in [-0.05, 0) is 0 Å². The van der Waals surface area contributed by atoms with E-state index >= 15 is 0 Å². The molecule has 0 unspecified atom stereocenters. The van der Waals surface area contributed by atoms with E-state index in [4.69, 9.17) is 9.84 Å². The highest BCUT2D eigenvalue weighted by molar-refractivity contribution is 5.86. The van der Waals surface area contributed by atoms with Crippen LogP contribution < -0.4 is 5.32 Å². The fourth-order valence-corrected chi connectivity index (χ4v) is 1.38. The first-order valence-corrected chi connectivity index (χ1v) is 5.12. The molecule has 1 aliphatic heterocycles. The van der Waals surface area contributed by atoms with Crippen molar-refractivity contribution in [3.63, 3.8) is 0 Å². The van der Waals surface area contributed by atoms with E-state index in [1.54, 1.807) is 0 Å². The molecule has 1 aliphatic rings. The zero-order valence-electron chi connectivity index (χ0n) is 8.87. The fraction of sp³-hybridized carbons (Fsp3) is 0.700. The maximum absolute atomic E-state index is 10.4. The van der Waals surface area contributed by atoms with Crippen LogP contribution in [0.25, 0.3) is 0 Å². The van der Waals surface area contributed by atoms with Crippen molar-refractivity contribution >= 4 is 5.97 Å². The lowest BCUT2D eigenvalue weighted by Crippen LogP contribution is -2.40. The average Bonchev–Trinajstić information content (AvgIpc) is 2.25. The lowest BCUT2D eigenvalue weighted by atomic mass is 10.3. The van der Waals surface area contributed by atoms with Crippen molar-refractivity contribution in [2.24, 2.45) is 0 Å². The van der Waals surface area contributed by atoms with Gasteiger partial charge in [-0.15, -0.1) is 0 Å². The van der Waals surface area contributed by atoms with E-state index in [1.165, 1.54) is 0 Å². The Labute approximate surface area is 89.7 Å². The third-order valence-corrected chi connectivity index (χ3v) is 2.35. The molecule has 5 heteroatoms. The van der Waals surface area contributed by atoms with E-state index in [2.05, 4.69) is 16.8 Å². The molecule has 1 rings (SSSR count). The molecule has 0 atom stereocenters. The van der Waals surface area contributed by atoms with Crippen molar-refractivity contribution < 1.29 is 14.6 Å². The highest BCUT2D eigenvalue weighted by atomic mass is 16.5. The van der Waals surface area contributed by atoms with Crippen molar-refractivity contribution in [2.75, 3.05) is 45.9 Å². The lowest BCUT2D eigenvalue weighted by Gasteiger charge is -2.26. The van der Waals surface area contributed by atoms with Gasteiger partial charge >= 0.3 is 5.97 Å². The second-order valence-electron chi connectivity index (χ2n) is 3.54. The van der Waals surface area contributed by atoms with Gasteiger partial charge in [0.1, 0.15) is 0 Å². The summed E-state index contributed by atoms with van der Waals surface area (Å²) < 4.78 is 5.22. The number of nitrogens with zero attached hydrogens (tertiary/aromatic N) is 1. The van der Waals surface area contributed by atoms with Gasteiger partial charge in [0.15, 0.2) is 0 Å². The number of hydrogen-bond donors (Lipinski definition) is 2. The molecular weight excluding hydrogens is 196 g/mol. The Kier molecular flexibility index (Phi) is 5.31. The van der Waals surface area contributed by atoms with Crippen LogP contribution >= 0.6 is 0 Å². The van der Waals surface area contributed by atoms with E-state index in [9.17, 15) is 4.79 Å². The van der Waals surface area contributed by atoms with Crippen LogP contribution in [0.15, 0.2) is 12.2 Å². The third-order valence-electron chi connectivity index (χ3n) is 2.35. The quantitative estimate of drug-likeness (QED) is 0.463. The number of carbonyl (C=O) groups is 1. The first-order chi connectivity index (χ1) is 7.20. The second kappa shape index (κ2) is 6.55. The molecule has 0 saturated carbocycles. The van der Waals surface area contributed by atoms with Crippen LogP contribution in [0.2, 0.25) is 0 Å². The minimum Gasteiger partial charge on any atom is -0.478 e. The monoisotopic (exact) mass is 214 g/mol. The summed E-state index contributed by atoms with van der Waals surface area (Å²) in [6, 6.07) is 0. The van der Waals surface area contributed by atoms with Crippen LogP contribution in [-0.2, 0) is 9.53 Å².